The second-order valence-electron chi connectivity index (χ2n) is 7.12. The van der Waals surface area contributed by atoms with E-state index in [9.17, 15) is 18.4 Å². The van der Waals surface area contributed by atoms with Crippen LogP contribution in [0.4, 0.5) is 8.78 Å². The van der Waals surface area contributed by atoms with Crippen molar-refractivity contribution < 1.29 is 18.3 Å². The second-order valence-corrected chi connectivity index (χ2v) is 7.12. The standard InChI is InChI=1S/C25H19F2N3O3/c26-18-10-12-19(13-11-18)30-24(31)15-14-21(29-30)25(32)28-22(17-6-2-1-3-7-17)16-33-23-9-5-4-8-20(23)27/h1-15,22H,16H2,(H,28,32). The van der Waals surface area contributed by atoms with E-state index >= 15 is 0 Å². The van der Waals surface area contributed by atoms with Crippen LogP contribution in [-0.4, -0.2) is 22.3 Å². The van der Waals surface area contributed by atoms with Crippen LogP contribution in [0.1, 0.15) is 22.1 Å². The van der Waals surface area contributed by atoms with Gasteiger partial charge in [0.2, 0.25) is 0 Å². The summed E-state index contributed by atoms with van der Waals surface area (Å²) in [5.74, 6) is -1.46. The first-order chi connectivity index (χ1) is 16.0. The number of amides is 1. The summed E-state index contributed by atoms with van der Waals surface area (Å²) in [7, 11) is 0. The molecule has 0 spiro atoms. The van der Waals surface area contributed by atoms with Gasteiger partial charge in [-0.15, -0.1) is 0 Å². The Morgan fingerprint density at radius 1 is 0.909 bits per heavy atom. The van der Waals surface area contributed by atoms with Crippen molar-refractivity contribution >= 4 is 5.91 Å². The number of rotatable bonds is 7. The van der Waals surface area contributed by atoms with E-state index in [4.69, 9.17) is 4.74 Å². The van der Waals surface area contributed by atoms with E-state index in [1.54, 1.807) is 12.1 Å². The van der Waals surface area contributed by atoms with Crippen molar-refractivity contribution in [3.63, 3.8) is 0 Å². The molecule has 33 heavy (non-hydrogen) atoms. The maximum Gasteiger partial charge on any atom is 0.272 e. The largest absolute Gasteiger partial charge is 0.488 e. The molecular formula is C25H19F2N3O3. The van der Waals surface area contributed by atoms with E-state index in [2.05, 4.69) is 10.4 Å². The van der Waals surface area contributed by atoms with Crippen LogP contribution in [0.2, 0.25) is 0 Å². The van der Waals surface area contributed by atoms with Gasteiger partial charge in [0, 0.05) is 6.07 Å². The maximum absolute atomic E-state index is 14.0. The predicted molar refractivity (Wildman–Crippen MR) is 118 cm³/mol. The molecule has 0 aliphatic rings. The van der Waals surface area contributed by atoms with Gasteiger partial charge >= 0.3 is 0 Å². The fourth-order valence-electron chi connectivity index (χ4n) is 3.17. The van der Waals surface area contributed by atoms with Gasteiger partial charge in [-0.25, -0.2) is 8.78 Å². The average molecular weight is 447 g/mol. The van der Waals surface area contributed by atoms with Crippen LogP contribution in [0.15, 0.2) is 95.8 Å². The molecule has 3 aromatic carbocycles. The van der Waals surface area contributed by atoms with Gasteiger partial charge in [0.25, 0.3) is 11.5 Å². The van der Waals surface area contributed by atoms with Crippen LogP contribution < -0.4 is 15.6 Å². The van der Waals surface area contributed by atoms with Crippen LogP contribution in [-0.2, 0) is 0 Å². The van der Waals surface area contributed by atoms with E-state index in [1.807, 2.05) is 30.3 Å². The minimum Gasteiger partial charge on any atom is -0.488 e. The monoisotopic (exact) mass is 447 g/mol. The Hall–Kier alpha value is -4.33. The number of hydrogen-bond donors (Lipinski definition) is 1. The Morgan fingerprint density at radius 2 is 1.61 bits per heavy atom. The lowest BCUT2D eigenvalue weighted by Crippen LogP contribution is -2.34. The van der Waals surface area contributed by atoms with Gasteiger partial charge in [-0.05, 0) is 48.0 Å². The zero-order valence-corrected chi connectivity index (χ0v) is 17.3. The Balaban J connectivity index is 1.58. The highest BCUT2D eigenvalue weighted by Gasteiger charge is 2.19. The molecule has 0 bridgehead atoms. The van der Waals surface area contributed by atoms with Crippen molar-refractivity contribution in [1.29, 1.82) is 0 Å². The van der Waals surface area contributed by atoms with Gasteiger partial charge in [0.05, 0.1) is 11.7 Å². The summed E-state index contributed by atoms with van der Waals surface area (Å²) < 4.78 is 33.8. The molecule has 0 fully saturated rings. The molecule has 6 nitrogen and oxygen atoms in total. The van der Waals surface area contributed by atoms with Gasteiger partial charge < -0.3 is 10.1 Å². The van der Waals surface area contributed by atoms with Gasteiger partial charge in [-0.3, -0.25) is 9.59 Å². The molecule has 0 aliphatic heterocycles. The van der Waals surface area contributed by atoms with E-state index in [-0.39, 0.29) is 18.1 Å². The van der Waals surface area contributed by atoms with Crippen molar-refractivity contribution in [3.05, 3.63) is 124 Å². The number of carbonyl (C=O) groups is 1. The average Bonchev–Trinajstić information content (AvgIpc) is 2.84. The Bertz CT molecular complexity index is 1310. The number of ether oxygens (including phenoxy) is 1. The van der Waals surface area contributed by atoms with Crippen molar-refractivity contribution in [2.75, 3.05) is 6.61 Å². The van der Waals surface area contributed by atoms with Crippen LogP contribution in [0.25, 0.3) is 5.69 Å². The fourth-order valence-corrected chi connectivity index (χ4v) is 3.17. The summed E-state index contributed by atoms with van der Waals surface area (Å²) in [5.41, 5.74) is 0.569. The molecule has 0 saturated carbocycles. The topological polar surface area (TPSA) is 73.2 Å². The Morgan fingerprint density at radius 3 is 2.33 bits per heavy atom. The van der Waals surface area contributed by atoms with E-state index in [0.717, 1.165) is 10.2 Å². The van der Waals surface area contributed by atoms with Gasteiger partial charge in [0.1, 0.15) is 18.1 Å². The van der Waals surface area contributed by atoms with Crippen molar-refractivity contribution in [2.45, 2.75) is 6.04 Å². The number of carbonyl (C=O) groups excluding carboxylic acids is 1. The molecule has 1 unspecified atom stereocenters. The number of halogens is 2. The highest BCUT2D eigenvalue weighted by Crippen LogP contribution is 2.19. The third kappa shape index (κ3) is 5.30. The molecule has 166 valence electrons. The van der Waals surface area contributed by atoms with Crippen molar-refractivity contribution in [3.8, 4) is 11.4 Å². The van der Waals surface area contributed by atoms with Crippen molar-refractivity contribution in [1.82, 2.24) is 15.1 Å². The number of nitrogens with one attached hydrogen (secondary N) is 1. The quantitative estimate of drug-likeness (QED) is 0.464. The van der Waals surface area contributed by atoms with E-state index in [1.165, 1.54) is 48.5 Å². The molecule has 1 amide bonds. The fraction of sp³-hybridized carbons (Fsp3) is 0.0800. The summed E-state index contributed by atoms with van der Waals surface area (Å²) in [6.45, 7) is -0.0334. The molecule has 1 N–H and O–H groups in total. The lowest BCUT2D eigenvalue weighted by molar-refractivity contribution is 0.0913. The van der Waals surface area contributed by atoms with Crippen LogP contribution in [0.5, 0.6) is 5.75 Å². The number of aromatic nitrogens is 2. The first-order valence-electron chi connectivity index (χ1n) is 10.1. The van der Waals surface area contributed by atoms with Gasteiger partial charge in [-0.1, -0.05) is 42.5 Å². The SMILES string of the molecule is O=C(NC(COc1ccccc1F)c1ccccc1)c1ccc(=O)n(-c2ccc(F)cc2)n1. The van der Waals surface area contributed by atoms with Crippen molar-refractivity contribution in [2.24, 2.45) is 0 Å². The normalized spacial score (nSPS) is 11.6. The molecule has 8 heteroatoms. The highest BCUT2D eigenvalue weighted by molar-refractivity contribution is 5.92. The summed E-state index contributed by atoms with van der Waals surface area (Å²) in [6.07, 6.45) is 0. The minimum absolute atomic E-state index is 0.0225. The lowest BCUT2D eigenvalue weighted by Gasteiger charge is -2.20. The molecule has 4 rings (SSSR count). The third-order valence-corrected chi connectivity index (χ3v) is 4.85. The molecule has 1 atom stereocenters. The number of benzene rings is 3. The zero-order chi connectivity index (χ0) is 23.2. The molecule has 4 aromatic rings. The molecule has 1 aromatic heterocycles. The number of nitrogens with zero attached hydrogens (tertiary/aromatic N) is 2. The van der Waals surface area contributed by atoms with Crippen LogP contribution >= 0.6 is 0 Å². The maximum atomic E-state index is 14.0. The summed E-state index contributed by atoms with van der Waals surface area (Å²) in [4.78, 5) is 25.2. The van der Waals surface area contributed by atoms with Crippen LogP contribution in [0, 0.1) is 11.6 Å². The summed E-state index contributed by atoms with van der Waals surface area (Å²) in [5, 5.41) is 6.94. The Kier molecular flexibility index (Phi) is 6.54. The second kappa shape index (κ2) is 9.86. The lowest BCUT2D eigenvalue weighted by atomic mass is 10.1. The minimum atomic E-state index is -0.619. The van der Waals surface area contributed by atoms with Gasteiger partial charge in [0.15, 0.2) is 11.6 Å². The first kappa shape index (κ1) is 21.9. The third-order valence-electron chi connectivity index (χ3n) is 4.85. The molecule has 0 aliphatic carbocycles. The van der Waals surface area contributed by atoms with E-state index in [0.29, 0.717) is 5.69 Å². The molecule has 1 heterocycles. The highest BCUT2D eigenvalue weighted by atomic mass is 19.1. The van der Waals surface area contributed by atoms with Gasteiger partial charge in [-0.2, -0.15) is 9.78 Å². The summed E-state index contributed by atoms with van der Waals surface area (Å²) >= 11 is 0. The Labute approximate surface area is 188 Å². The summed E-state index contributed by atoms with van der Waals surface area (Å²) in [6, 6.07) is 22.1. The van der Waals surface area contributed by atoms with E-state index < -0.39 is 29.1 Å². The number of para-hydroxylation sites is 1. The molecule has 0 radical (unpaired) electrons. The smallest absolute Gasteiger partial charge is 0.272 e. The predicted octanol–water partition coefficient (Wildman–Crippen LogP) is 4.06. The first-order valence-corrected chi connectivity index (χ1v) is 10.1. The molecule has 0 saturated heterocycles. The van der Waals surface area contributed by atoms with Crippen LogP contribution in [0.3, 0.4) is 0 Å². The zero-order valence-electron chi connectivity index (χ0n) is 17.3. The molecular weight excluding hydrogens is 428 g/mol. The number of hydrogen-bond acceptors (Lipinski definition) is 4.